The summed E-state index contributed by atoms with van der Waals surface area (Å²) in [4.78, 5) is -0.863. The second-order valence-electron chi connectivity index (χ2n) is 7.48. The molecule has 0 amide bonds. The standard InChI is InChI=1S/C22H19FN2O6S3/c1-32(26,27)24-15-16-10-12-18(13-11-16)33(28,29)22-14-17-6-2-4-8-20(17)25(22)34(30,31)21-9-5-3-7-19(21)23/h2-14,24H,15H2,1H3. The molecule has 0 atom stereocenters. The van der Waals surface area contributed by atoms with Crippen molar-refractivity contribution in [2.75, 3.05) is 6.26 Å². The normalized spacial score (nSPS) is 12.8. The number of fused-ring (bicyclic) bond motifs is 1. The Bertz CT molecular complexity index is 1710. The summed E-state index contributed by atoms with van der Waals surface area (Å²) in [5, 5.41) is -0.200. The number of nitrogens with zero attached hydrogens (tertiary/aromatic N) is 1. The molecule has 1 N–H and O–H groups in total. The molecule has 0 aliphatic rings. The number of halogens is 1. The van der Waals surface area contributed by atoms with Gasteiger partial charge in [0.1, 0.15) is 10.7 Å². The first kappa shape index (κ1) is 24.1. The second-order valence-corrected chi connectivity index (χ2v) is 13.0. The Morgan fingerprint density at radius 2 is 1.44 bits per heavy atom. The monoisotopic (exact) mass is 522 g/mol. The molecule has 34 heavy (non-hydrogen) atoms. The molecule has 1 aromatic heterocycles. The van der Waals surface area contributed by atoms with Gasteiger partial charge in [0.15, 0.2) is 5.03 Å². The molecule has 0 aliphatic carbocycles. The van der Waals surface area contributed by atoms with Crippen LogP contribution in [0.2, 0.25) is 0 Å². The van der Waals surface area contributed by atoms with Crippen LogP contribution in [0.1, 0.15) is 5.56 Å². The molecule has 0 bridgehead atoms. The van der Waals surface area contributed by atoms with Crippen molar-refractivity contribution in [3.05, 3.63) is 90.2 Å². The predicted octanol–water partition coefficient (Wildman–Crippen LogP) is 2.90. The molecule has 4 rings (SSSR count). The SMILES string of the molecule is CS(=O)(=O)NCc1ccc(S(=O)(=O)c2cc3ccccc3n2S(=O)(=O)c2ccccc2F)cc1. The van der Waals surface area contributed by atoms with Crippen LogP contribution in [0.25, 0.3) is 10.9 Å². The van der Waals surface area contributed by atoms with E-state index in [4.69, 9.17) is 0 Å². The lowest BCUT2D eigenvalue weighted by Crippen LogP contribution is -2.21. The first-order valence-electron chi connectivity index (χ1n) is 9.80. The number of sulfone groups is 1. The van der Waals surface area contributed by atoms with Crippen molar-refractivity contribution < 1.29 is 29.6 Å². The Kier molecular flexibility index (Phi) is 6.10. The Labute approximate surface area is 196 Å². The van der Waals surface area contributed by atoms with E-state index in [1.54, 1.807) is 18.2 Å². The van der Waals surface area contributed by atoms with Crippen LogP contribution in [-0.4, -0.2) is 35.5 Å². The summed E-state index contributed by atoms with van der Waals surface area (Å²) >= 11 is 0. The topological polar surface area (TPSA) is 119 Å². The van der Waals surface area contributed by atoms with Gasteiger partial charge in [-0.1, -0.05) is 42.5 Å². The molecule has 0 aliphatic heterocycles. The average molecular weight is 523 g/mol. The number of nitrogens with one attached hydrogen (secondary N) is 1. The lowest BCUT2D eigenvalue weighted by Gasteiger charge is -2.13. The maximum atomic E-state index is 14.4. The number of aromatic nitrogens is 1. The van der Waals surface area contributed by atoms with Gasteiger partial charge in [-0.2, -0.15) is 0 Å². The lowest BCUT2D eigenvalue weighted by molar-refractivity contribution is 0.555. The second kappa shape index (κ2) is 8.62. The zero-order valence-corrected chi connectivity index (χ0v) is 20.2. The van der Waals surface area contributed by atoms with Crippen LogP contribution in [0.5, 0.6) is 0 Å². The Balaban J connectivity index is 1.88. The Hall–Kier alpha value is -3.06. The van der Waals surface area contributed by atoms with Crippen LogP contribution in [0.15, 0.2) is 93.7 Å². The molecule has 4 aromatic rings. The fourth-order valence-corrected chi connectivity index (χ4v) is 7.24. The third-order valence-corrected chi connectivity index (χ3v) is 9.33. The fourth-order valence-electron chi connectivity index (χ4n) is 3.41. The summed E-state index contributed by atoms with van der Waals surface area (Å²) in [5.41, 5.74) is 0.585. The van der Waals surface area contributed by atoms with Crippen molar-refractivity contribution >= 4 is 40.8 Å². The van der Waals surface area contributed by atoms with E-state index in [1.807, 2.05) is 0 Å². The largest absolute Gasteiger partial charge is 0.272 e. The highest BCUT2D eigenvalue weighted by atomic mass is 32.2. The third kappa shape index (κ3) is 4.49. The number of hydrogen-bond acceptors (Lipinski definition) is 6. The minimum Gasteiger partial charge on any atom is -0.222 e. The molecule has 0 unspecified atom stereocenters. The quantitative estimate of drug-likeness (QED) is 0.399. The van der Waals surface area contributed by atoms with Gasteiger partial charge in [0.25, 0.3) is 10.0 Å². The highest BCUT2D eigenvalue weighted by Gasteiger charge is 2.32. The van der Waals surface area contributed by atoms with Gasteiger partial charge in [-0.05, 0) is 42.0 Å². The van der Waals surface area contributed by atoms with Crippen LogP contribution in [0.3, 0.4) is 0 Å². The third-order valence-electron chi connectivity index (χ3n) is 5.04. The lowest BCUT2D eigenvalue weighted by atomic mass is 10.2. The van der Waals surface area contributed by atoms with Crippen LogP contribution in [0, 0.1) is 5.82 Å². The zero-order valence-electron chi connectivity index (χ0n) is 17.7. The van der Waals surface area contributed by atoms with Crippen LogP contribution >= 0.6 is 0 Å². The zero-order chi connectivity index (χ0) is 24.7. The van der Waals surface area contributed by atoms with Crippen molar-refractivity contribution in [2.24, 2.45) is 0 Å². The highest BCUT2D eigenvalue weighted by Crippen LogP contribution is 2.32. The van der Waals surface area contributed by atoms with Gasteiger partial charge in [0, 0.05) is 11.9 Å². The maximum absolute atomic E-state index is 14.4. The number of sulfonamides is 1. The summed E-state index contributed by atoms with van der Waals surface area (Å²) < 4.78 is 93.9. The molecule has 0 saturated heterocycles. The molecule has 1 heterocycles. The number of hydrogen-bond donors (Lipinski definition) is 1. The van der Waals surface area contributed by atoms with Crippen molar-refractivity contribution in [1.82, 2.24) is 8.69 Å². The van der Waals surface area contributed by atoms with Gasteiger partial charge < -0.3 is 0 Å². The average Bonchev–Trinajstić information content (AvgIpc) is 3.19. The van der Waals surface area contributed by atoms with E-state index in [-0.39, 0.29) is 17.0 Å². The summed E-state index contributed by atoms with van der Waals surface area (Å²) in [6.45, 7) is -0.0406. The van der Waals surface area contributed by atoms with Crippen molar-refractivity contribution in [2.45, 2.75) is 21.4 Å². The molecule has 0 fully saturated rings. The van der Waals surface area contributed by atoms with E-state index in [2.05, 4.69) is 4.72 Å². The Morgan fingerprint density at radius 1 is 0.824 bits per heavy atom. The van der Waals surface area contributed by atoms with Crippen LogP contribution in [-0.2, 0) is 36.4 Å². The van der Waals surface area contributed by atoms with E-state index >= 15 is 0 Å². The molecule has 0 spiro atoms. The Morgan fingerprint density at radius 3 is 2.09 bits per heavy atom. The van der Waals surface area contributed by atoms with E-state index < -0.39 is 45.6 Å². The molecule has 12 heteroatoms. The van der Waals surface area contributed by atoms with E-state index in [1.165, 1.54) is 48.5 Å². The van der Waals surface area contributed by atoms with Crippen LogP contribution < -0.4 is 4.72 Å². The first-order valence-corrected chi connectivity index (χ1v) is 14.6. The number of para-hydroxylation sites is 1. The number of benzene rings is 3. The highest BCUT2D eigenvalue weighted by molar-refractivity contribution is 7.93. The van der Waals surface area contributed by atoms with Gasteiger partial charge in [-0.3, -0.25) is 0 Å². The molecule has 0 saturated carbocycles. The van der Waals surface area contributed by atoms with Gasteiger partial charge in [-0.15, -0.1) is 0 Å². The molecular formula is C22H19FN2O6S3. The minimum absolute atomic E-state index is 0.0406. The molecule has 0 radical (unpaired) electrons. The van der Waals surface area contributed by atoms with Crippen molar-refractivity contribution in [3.63, 3.8) is 0 Å². The summed E-state index contributed by atoms with van der Waals surface area (Å²) in [6, 6.07) is 17.5. The molecule has 8 nitrogen and oxygen atoms in total. The van der Waals surface area contributed by atoms with Gasteiger partial charge in [0.2, 0.25) is 19.9 Å². The first-order chi connectivity index (χ1) is 15.9. The smallest absolute Gasteiger partial charge is 0.222 e. The molecule has 178 valence electrons. The predicted molar refractivity (Wildman–Crippen MR) is 124 cm³/mol. The molecule has 3 aromatic carbocycles. The van der Waals surface area contributed by atoms with E-state index in [0.29, 0.717) is 14.9 Å². The summed E-state index contributed by atoms with van der Waals surface area (Å²) in [7, 11) is -12.4. The van der Waals surface area contributed by atoms with E-state index in [9.17, 15) is 29.6 Å². The summed E-state index contributed by atoms with van der Waals surface area (Å²) in [5.74, 6) is -1.01. The number of rotatable bonds is 7. The van der Waals surface area contributed by atoms with Gasteiger partial charge in [-0.25, -0.2) is 38.3 Å². The van der Waals surface area contributed by atoms with Crippen LogP contribution in [0.4, 0.5) is 4.39 Å². The van der Waals surface area contributed by atoms with Crippen molar-refractivity contribution in [1.29, 1.82) is 0 Å². The minimum atomic E-state index is -4.62. The maximum Gasteiger partial charge on any atom is 0.272 e. The van der Waals surface area contributed by atoms with Gasteiger partial charge >= 0.3 is 0 Å². The molecular weight excluding hydrogens is 503 g/mol. The van der Waals surface area contributed by atoms with Gasteiger partial charge in [0.05, 0.1) is 16.7 Å². The fraction of sp³-hybridized carbons (Fsp3) is 0.0909. The van der Waals surface area contributed by atoms with E-state index in [0.717, 1.165) is 18.4 Å². The summed E-state index contributed by atoms with van der Waals surface area (Å²) in [6.07, 6.45) is 1.00. The van der Waals surface area contributed by atoms with Crippen molar-refractivity contribution in [3.8, 4) is 0 Å².